The Bertz CT molecular complexity index is 556. The quantitative estimate of drug-likeness (QED) is 0.756. The summed E-state index contributed by atoms with van der Waals surface area (Å²) in [5.41, 5.74) is 0.836. The Morgan fingerprint density at radius 2 is 2.05 bits per heavy atom. The first-order chi connectivity index (χ1) is 10.3. The molecular weight excluding hydrogens is 262 g/mol. The fraction of sp³-hybridized carbons (Fsp3) is 0.611. The molecule has 1 unspecified atom stereocenters. The van der Waals surface area contributed by atoms with Crippen molar-refractivity contribution >= 4 is 0 Å². The van der Waals surface area contributed by atoms with E-state index < -0.39 is 0 Å². The summed E-state index contributed by atoms with van der Waals surface area (Å²) in [4.78, 5) is 0. The topological polar surface area (TPSA) is 42.2 Å². The van der Waals surface area contributed by atoms with Gasteiger partial charge in [-0.15, -0.1) is 0 Å². The zero-order valence-electron chi connectivity index (χ0n) is 12.9. The summed E-state index contributed by atoms with van der Waals surface area (Å²) >= 11 is 0. The summed E-state index contributed by atoms with van der Waals surface area (Å²) in [5.74, 6) is 0. The standard InChI is InChI=1S/C11H22O2.C7H3N/c1-2-3-4-5-6-7-11-10-12-8-9-13-11;8-4-6-3-5-1-2-7(5)6/h11H,2-10H2,1H3;1-3H. The van der Waals surface area contributed by atoms with Crippen LogP contribution in [0.4, 0.5) is 0 Å². The van der Waals surface area contributed by atoms with E-state index in [1.54, 1.807) is 0 Å². The fourth-order valence-electron chi connectivity index (χ4n) is 2.56. The lowest BCUT2D eigenvalue weighted by Gasteiger charge is -2.22. The molecule has 0 aromatic heterocycles. The van der Waals surface area contributed by atoms with E-state index in [0.29, 0.717) is 6.10 Å². The van der Waals surface area contributed by atoms with Gasteiger partial charge < -0.3 is 9.47 Å². The van der Waals surface area contributed by atoms with E-state index in [1.165, 1.54) is 43.7 Å². The van der Waals surface area contributed by atoms with Crippen LogP contribution >= 0.6 is 0 Å². The van der Waals surface area contributed by atoms with Crippen molar-refractivity contribution in [2.24, 2.45) is 0 Å². The zero-order valence-corrected chi connectivity index (χ0v) is 12.9. The van der Waals surface area contributed by atoms with Gasteiger partial charge in [0.1, 0.15) is 0 Å². The van der Waals surface area contributed by atoms with Crippen molar-refractivity contribution in [2.75, 3.05) is 19.8 Å². The van der Waals surface area contributed by atoms with Crippen LogP contribution in [-0.4, -0.2) is 25.9 Å². The number of rotatable bonds is 6. The third-order valence-electron chi connectivity index (χ3n) is 3.97. The average Bonchev–Trinajstić information content (AvgIpc) is 2.51. The molecule has 0 aromatic rings. The summed E-state index contributed by atoms with van der Waals surface area (Å²) in [7, 11) is 0. The first kappa shape index (κ1) is 16.0. The second-order valence-corrected chi connectivity index (χ2v) is 5.64. The molecule has 1 saturated heterocycles. The van der Waals surface area contributed by atoms with Gasteiger partial charge >= 0.3 is 0 Å². The minimum atomic E-state index is 0.385. The van der Waals surface area contributed by atoms with E-state index >= 15 is 0 Å². The second-order valence-electron chi connectivity index (χ2n) is 5.64. The van der Waals surface area contributed by atoms with Crippen molar-refractivity contribution < 1.29 is 9.47 Å². The van der Waals surface area contributed by atoms with Gasteiger partial charge in [-0.1, -0.05) is 51.2 Å². The van der Waals surface area contributed by atoms with Crippen LogP contribution in [0.1, 0.15) is 51.0 Å². The number of nitrogens with zero attached hydrogens (tertiary/aromatic N) is 1. The minimum absolute atomic E-state index is 0.385. The Hall–Kier alpha value is -1.37. The Balaban J connectivity index is 0.000000170. The van der Waals surface area contributed by atoms with Gasteiger partial charge in [-0.2, -0.15) is 5.26 Å². The molecule has 3 rings (SSSR count). The highest BCUT2D eigenvalue weighted by Gasteiger charge is 2.12. The second kappa shape index (κ2) is 8.81. The van der Waals surface area contributed by atoms with Crippen molar-refractivity contribution in [1.82, 2.24) is 0 Å². The van der Waals surface area contributed by atoms with Crippen molar-refractivity contribution in [3.63, 3.8) is 0 Å². The lowest BCUT2D eigenvalue weighted by Crippen LogP contribution is -2.28. The van der Waals surface area contributed by atoms with Crippen LogP contribution in [0.5, 0.6) is 0 Å². The van der Waals surface area contributed by atoms with Gasteiger partial charge in [-0.25, -0.2) is 0 Å². The first-order valence-corrected chi connectivity index (χ1v) is 8.09. The van der Waals surface area contributed by atoms with Gasteiger partial charge in [0.05, 0.1) is 37.6 Å². The maximum atomic E-state index is 8.32. The highest BCUT2D eigenvalue weighted by molar-refractivity contribution is 5.41. The van der Waals surface area contributed by atoms with E-state index in [-0.39, 0.29) is 0 Å². The maximum Gasteiger partial charge on any atom is 0.0998 e. The van der Waals surface area contributed by atoms with Gasteiger partial charge in [0.25, 0.3) is 0 Å². The highest BCUT2D eigenvalue weighted by atomic mass is 16.6. The van der Waals surface area contributed by atoms with Gasteiger partial charge in [0, 0.05) is 0 Å². The molecule has 0 radical (unpaired) electrons. The fourth-order valence-corrected chi connectivity index (χ4v) is 2.56. The molecule has 0 bridgehead atoms. The van der Waals surface area contributed by atoms with Crippen LogP contribution < -0.4 is 0 Å². The predicted molar refractivity (Wildman–Crippen MR) is 82.8 cm³/mol. The first-order valence-electron chi connectivity index (χ1n) is 8.09. The molecule has 0 aromatic carbocycles. The molecule has 0 spiro atoms. The predicted octanol–water partition coefficient (Wildman–Crippen LogP) is 3.92. The maximum absolute atomic E-state index is 8.32. The lowest BCUT2D eigenvalue weighted by atomic mass is 10.0. The molecule has 3 aliphatic rings. The molecule has 1 aliphatic heterocycles. The van der Waals surface area contributed by atoms with Crippen molar-refractivity contribution in [1.29, 1.82) is 5.26 Å². The average molecular weight is 287 g/mol. The van der Waals surface area contributed by atoms with E-state index in [4.69, 9.17) is 14.7 Å². The summed E-state index contributed by atoms with van der Waals surface area (Å²) in [6.45, 7) is 4.64. The van der Waals surface area contributed by atoms with Crippen molar-refractivity contribution in [3.8, 4) is 6.07 Å². The largest absolute Gasteiger partial charge is 0.376 e. The highest BCUT2D eigenvalue weighted by Crippen LogP contribution is 2.13. The molecule has 1 fully saturated rings. The third-order valence-corrected chi connectivity index (χ3v) is 3.97. The van der Waals surface area contributed by atoms with Crippen molar-refractivity contribution in [2.45, 2.75) is 51.6 Å². The number of ether oxygens (including phenoxy) is 2. The summed E-state index contributed by atoms with van der Waals surface area (Å²) < 4.78 is 10.9. The molecule has 114 valence electrons. The summed E-state index contributed by atoms with van der Waals surface area (Å²) in [6.07, 6.45) is 8.30. The van der Waals surface area contributed by atoms with Crippen LogP contribution in [0.25, 0.3) is 0 Å². The third kappa shape index (κ3) is 4.84. The number of hydrogen-bond donors (Lipinski definition) is 0. The number of nitriles is 1. The monoisotopic (exact) mass is 287 g/mol. The van der Waals surface area contributed by atoms with E-state index in [0.717, 1.165) is 30.6 Å². The number of hydrogen-bond acceptors (Lipinski definition) is 3. The Morgan fingerprint density at radius 1 is 1.19 bits per heavy atom. The number of unbranched alkanes of at least 4 members (excludes halogenated alkanes) is 4. The Labute approximate surface area is 127 Å². The Kier molecular flexibility index (Phi) is 6.72. The van der Waals surface area contributed by atoms with Gasteiger partial charge in [-0.05, 0) is 22.9 Å². The smallest absolute Gasteiger partial charge is 0.0998 e. The zero-order chi connectivity index (χ0) is 14.9. The van der Waals surface area contributed by atoms with Crippen LogP contribution in [-0.2, 0) is 9.47 Å². The molecule has 2 aliphatic carbocycles. The molecule has 3 heteroatoms. The molecule has 3 nitrogen and oxygen atoms in total. The van der Waals surface area contributed by atoms with Crippen molar-refractivity contribution in [3.05, 3.63) is 34.2 Å². The molecule has 0 amide bonds. The van der Waals surface area contributed by atoms with Crippen LogP contribution in [0.2, 0.25) is 0 Å². The van der Waals surface area contributed by atoms with Gasteiger partial charge in [0.15, 0.2) is 0 Å². The van der Waals surface area contributed by atoms with Gasteiger partial charge in [0.2, 0.25) is 0 Å². The van der Waals surface area contributed by atoms with E-state index in [1.807, 2.05) is 18.2 Å². The SMILES string of the molecule is CCCCCCCC1COCCO1.N#Cc1cc2ccc1=2. The lowest BCUT2D eigenvalue weighted by molar-refractivity contribution is -0.0912. The van der Waals surface area contributed by atoms with E-state index in [2.05, 4.69) is 13.0 Å². The molecule has 0 N–H and O–H groups in total. The summed E-state index contributed by atoms with van der Waals surface area (Å²) in [6, 6.07) is 7.96. The van der Waals surface area contributed by atoms with E-state index in [9.17, 15) is 0 Å². The van der Waals surface area contributed by atoms with Gasteiger partial charge in [-0.3, -0.25) is 0 Å². The molecule has 1 atom stereocenters. The molecule has 1 heterocycles. The minimum Gasteiger partial charge on any atom is -0.376 e. The molecule has 21 heavy (non-hydrogen) atoms. The molecule has 0 saturated carbocycles. The van der Waals surface area contributed by atoms with Crippen LogP contribution in [0.15, 0.2) is 18.2 Å². The summed E-state index contributed by atoms with van der Waals surface area (Å²) in [5, 5.41) is 10.7. The van der Waals surface area contributed by atoms with Crippen LogP contribution in [0.3, 0.4) is 0 Å². The normalized spacial score (nSPS) is 18.4. The Morgan fingerprint density at radius 3 is 2.52 bits per heavy atom. The number of benzene rings is 1. The molecular formula is C18H25NO2. The van der Waals surface area contributed by atoms with Crippen LogP contribution in [0, 0.1) is 21.8 Å².